The fourth-order valence-corrected chi connectivity index (χ4v) is 4.22. The van der Waals surface area contributed by atoms with Gasteiger partial charge < -0.3 is 10.3 Å². The molecule has 2 atom stereocenters. The Morgan fingerprint density at radius 1 is 1.36 bits per heavy atom. The molecule has 1 aliphatic carbocycles. The van der Waals surface area contributed by atoms with Crippen molar-refractivity contribution in [1.29, 1.82) is 0 Å². The van der Waals surface area contributed by atoms with Gasteiger partial charge in [0, 0.05) is 17.3 Å². The van der Waals surface area contributed by atoms with Gasteiger partial charge in [-0.3, -0.25) is 4.79 Å². The highest BCUT2D eigenvalue weighted by molar-refractivity contribution is 7.22. The van der Waals surface area contributed by atoms with E-state index in [1.165, 1.54) is 22.5 Å². The van der Waals surface area contributed by atoms with Gasteiger partial charge in [-0.1, -0.05) is 35.9 Å². The minimum atomic E-state index is -0.0917. The molecule has 1 aromatic carbocycles. The third kappa shape index (κ3) is 2.23. The smallest absolute Gasteiger partial charge is 0.267 e. The summed E-state index contributed by atoms with van der Waals surface area (Å²) in [7, 11) is 0. The highest BCUT2D eigenvalue weighted by Crippen LogP contribution is 2.33. The van der Waals surface area contributed by atoms with Crippen LogP contribution in [0.1, 0.15) is 27.5 Å². The van der Waals surface area contributed by atoms with Crippen LogP contribution in [-0.2, 0) is 6.42 Å². The molecule has 0 aliphatic heterocycles. The number of thiophene rings is 1. The van der Waals surface area contributed by atoms with Gasteiger partial charge in [-0.2, -0.15) is 0 Å². The summed E-state index contributed by atoms with van der Waals surface area (Å²) in [4.78, 5) is 16.5. The van der Waals surface area contributed by atoms with Crippen LogP contribution in [0.2, 0.25) is 4.34 Å². The van der Waals surface area contributed by atoms with Gasteiger partial charge >= 0.3 is 0 Å². The Hall–Kier alpha value is -1.78. The molecular formula is C17H14ClN2OS. The zero-order chi connectivity index (χ0) is 15.3. The van der Waals surface area contributed by atoms with Crippen LogP contribution in [0.3, 0.4) is 0 Å². The lowest BCUT2D eigenvalue weighted by Gasteiger charge is -2.17. The fourth-order valence-electron chi connectivity index (χ4n) is 3.09. The minimum Gasteiger partial charge on any atom is -0.347 e. The second-order valence-corrected chi connectivity index (χ2v) is 7.29. The number of H-pyrrole nitrogens is 1. The quantitative estimate of drug-likeness (QED) is 0.728. The van der Waals surface area contributed by atoms with E-state index in [1.807, 2.05) is 24.3 Å². The molecule has 4 rings (SSSR count). The Labute approximate surface area is 137 Å². The molecule has 3 nitrogen and oxygen atoms in total. The Kier molecular flexibility index (Phi) is 3.24. The number of hydrogen-bond acceptors (Lipinski definition) is 2. The molecule has 2 N–H and O–H groups in total. The lowest BCUT2D eigenvalue weighted by molar-refractivity contribution is 0.0931. The number of rotatable bonds is 2. The monoisotopic (exact) mass is 329 g/mol. The zero-order valence-corrected chi connectivity index (χ0v) is 13.3. The van der Waals surface area contributed by atoms with Gasteiger partial charge in [0.1, 0.15) is 10.5 Å². The van der Waals surface area contributed by atoms with Crippen molar-refractivity contribution in [2.24, 2.45) is 0 Å². The second-order valence-electron chi connectivity index (χ2n) is 5.61. The third-order valence-corrected chi connectivity index (χ3v) is 5.42. The standard InChI is InChI=1S/C17H14ClN2OS/c1-9-12-5-3-2-4-10(12)6-13(9)19-16(21)14-7-11-8-15(18)22-17(11)20-14/h2-5,7-9,13,20H,1,6H2,(H,19,21)/t9-,13-/m1/s1. The Bertz CT molecular complexity index is 835. The number of hydrogen-bond donors (Lipinski definition) is 2. The first-order valence-corrected chi connectivity index (χ1v) is 8.31. The molecule has 0 saturated carbocycles. The van der Waals surface area contributed by atoms with Crippen LogP contribution in [0, 0.1) is 6.92 Å². The minimum absolute atomic E-state index is 0.0369. The topological polar surface area (TPSA) is 44.9 Å². The molecule has 0 saturated heterocycles. The average Bonchev–Trinajstić information content (AvgIpc) is 3.12. The summed E-state index contributed by atoms with van der Waals surface area (Å²) in [6, 6.07) is 12.0. The molecule has 3 aromatic rings. The predicted molar refractivity (Wildman–Crippen MR) is 90.7 cm³/mol. The van der Waals surface area contributed by atoms with Crippen LogP contribution >= 0.6 is 22.9 Å². The van der Waals surface area contributed by atoms with Crippen LogP contribution < -0.4 is 5.32 Å². The van der Waals surface area contributed by atoms with E-state index in [0.717, 1.165) is 21.0 Å². The molecule has 0 unspecified atom stereocenters. The molecule has 1 radical (unpaired) electrons. The molecule has 0 fully saturated rings. The number of aromatic amines is 1. The molecule has 1 aliphatic rings. The van der Waals surface area contributed by atoms with E-state index in [4.69, 9.17) is 11.6 Å². The van der Waals surface area contributed by atoms with Gasteiger partial charge in [-0.05, 0) is 36.6 Å². The summed E-state index contributed by atoms with van der Waals surface area (Å²) in [5.74, 6) is -0.00310. The fraction of sp³-hybridized carbons (Fsp3) is 0.176. The maximum absolute atomic E-state index is 12.5. The van der Waals surface area contributed by atoms with Crippen molar-refractivity contribution in [3.63, 3.8) is 0 Å². The summed E-state index contributed by atoms with van der Waals surface area (Å²) in [6.07, 6.45) is 0.830. The summed E-state index contributed by atoms with van der Waals surface area (Å²) < 4.78 is 0.720. The molecule has 1 amide bonds. The van der Waals surface area contributed by atoms with E-state index in [-0.39, 0.29) is 17.9 Å². The number of fused-ring (bicyclic) bond motifs is 2. The van der Waals surface area contributed by atoms with Crippen molar-refractivity contribution in [3.8, 4) is 0 Å². The first-order chi connectivity index (χ1) is 10.6. The summed E-state index contributed by atoms with van der Waals surface area (Å²) in [6.45, 7) is 4.21. The van der Waals surface area contributed by atoms with E-state index < -0.39 is 0 Å². The normalized spacial score (nSPS) is 20.3. The van der Waals surface area contributed by atoms with E-state index in [0.29, 0.717) is 5.69 Å². The summed E-state index contributed by atoms with van der Waals surface area (Å²) in [5, 5.41) is 4.07. The van der Waals surface area contributed by atoms with E-state index in [9.17, 15) is 4.79 Å². The first kappa shape index (κ1) is 13.9. The highest BCUT2D eigenvalue weighted by atomic mass is 35.5. The molecule has 2 heterocycles. The second kappa shape index (κ2) is 5.14. The predicted octanol–water partition coefficient (Wildman–Crippen LogP) is 4.16. The summed E-state index contributed by atoms with van der Waals surface area (Å²) in [5.41, 5.74) is 3.07. The lowest BCUT2D eigenvalue weighted by atomic mass is 10.0. The van der Waals surface area contributed by atoms with Crippen LogP contribution in [-0.4, -0.2) is 16.9 Å². The zero-order valence-electron chi connectivity index (χ0n) is 11.7. The van der Waals surface area contributed by atoms with Crippen molar-refractivity contribution in [2.75, 3.05) is 0 Å². The molecular weight excluding hydrogens is 316 g/mol. The van der Waals surface area contributed by atoms with Gasteiger partial charge in [-0.25, -0.2) is 0 Å². The average molecular weight is 330 g/mol. The molecule has 2 aromatic heterocycles. The van der Waals surface area contributed by atoms with E-state index in [2.05, 4.69) is 29.4 Å². The van der Waals surface area contributed by atoms with E-state index in [1.54, 1.807) is 0 Å². The SMILES string of the molecule is [CH2][C@@H]1c2ccccc2C[C@H]1NC(=O)c1cc2cc(Cl)sc2[nH]1. The van der Waals surface area contributed by atoms with Crippen molar-refractivity contribution >= 4 is 39.1 Å². The third-order valence-electron chi connectivity index (χ3n) is 4.22. The Morgan fingerprint density at radius 3 is 2.95 bits per heavy atom. The van der Waals surface area contributed by atoms with Crippen LogP contribution in [0.15, 0.2) is 36.4 Å². The summed E-state index contributed by atoms with van der Waals surface area (Å²) >= 11 is 7.40. The number of halogens is 1. The molecule has 5 heteroatoms. The van der Waals surface area contributed by atoms with E-state index >= 15 is 0 Å². The van der Waals surface area contributed by atoms with Crippen molar-refractivity contribution < 1.29 is 4.79 Å². The van der Waals surface area contributed by atoms with Crippen molar-refractivity contribution in [3.05, 3.63) is 64.5 Å². The number of amides is 1. The first-order valence-electron chi connectivity index (χ1n) is 7.11. The largest absolute Gasteiger partial charge is 0.347 e. The Balaban J connectivity index is 1.54. The number of benzene rings is 1. The molecule has 22 heavy (non-hydrogen) atoms. The maximum atomic E-state index is 12.5. The van der Waals surface area contributed by atoms with Crippen LogP contribution in [0.4, 0.5) is 0 Å². The number of nitrogens with one attached hydrogen (secondary N) is 2. The maximum Gasteiger partial charge on any atom is 0.267 e. The highest BCUT2D eigenvalue weighted by Gasteiger charge is 2.30. The molecule has 0 spiro atoms. The van der Waals surface area contributed by atoms with Crippen molar-refractivity contribution in [2.45, 2.75) is 18.4 Å². The molecule has 111 valence electrons. The number of carbonyl (C=O) groups is 1. The lowest BCUT2D eigenvalue weighted by Crippen LogP contribution is -2.37. The molecule has 0 bridgehead atoms. The van der Waals surface area contributed by atoms with Gasteiger partial charge in [0.25, 0.3) is 5.91 Å². The van der Waals surface area contributed by atoms with Gasteiger partial charge in [0.2, 0.25) is 0 Å². The van der Waals surface area contributed by atoms with Gasteiger partial charge in [0.15, 0.2) is 0 Å². The number of aromatic nitrogens is 1. The van der Waals surface area contributed by atoms with Gasteiger partial charge in [-0.15, -0.1) is 11.3 Å². The van der Waals surface area contributed by atoms with Crippen LogP contribution in [0.25, 0.3) is 10.2 Å². The van der Waals surface area contributed by atoms with Crippen molar-refractivity contribution in [1.82, 2.24) is 10.3 Å². The van der Waals surface area contributed by atoms with Crippen LogP contribution in [0.5, 0.6) is 0 Å². The van der Waals surface area contributed by atoms with Gasteiger partial charge in [0.05, 0.1) is 4.34 Å². The number of carbonyl (C=O) groups excluding carboxylic acids is 1. The Morgan fingerprint density at radius 2 is 2.18 bits per heavy atom.